The molecule has 1 aromatic heterocycles. The van der Waals surface area contributed by atoms with E-state index in [1.54, 1.807) is 11.3 Å². The molecule has 2 atom stereocenters. The van der Waals surface area contributed by atoms with E-state index in [1.807, 2.05) is 0 Å². The number of aromatic nitrogens is 1. The van der Waals surface area contributed by atoms with Crippen LogP contribution in [0.3, 0.4) is 0 Å². The van der Waals surface area contributed by atoms with Gasteiger partial charge in [0.05, 0.1) is 5.69 Å². The van der Waals surface area contributed by atoms with Gasteiger partial charge in [-0.25, -0.2) is 4.98 Å². The first-order valence-electron chi connectivity index (χ1n) is 5.61. The van der Waals surface area contributed by atoms with Crippen LogP contribution in [0.2, 0.25) is 0 Å². The van der Waals surface area contributed by atoms with E-state index < -0.39 is 0 Å². The molecule has 2 heterocycles. The number of thiazole rings is 1. The number of hydrogen-bond donors (Lipinski definition) is 1. The highest BCUT2D eigenvalue weighted by molar-refractivity contribution is 7.11. The number of piperidine rings is 1. The molecule has 1 aromatic rings. The van der Waals surface area contributed by atoms with Crippen LogP contribution in [0.4, 0.5) is 0 Å². The van der Waals surface area contributed by atoms with Gasteiger partial charge in [-0.2, -0.15) is 0 Å². The Morgan fingerprint density at radius 3 is 3.20 bits per heavy atom. The minimum atomic E-state index is 0.287. The third-order valence-electron chi connectivity index (χ3n) is 2.90. The molecule has 0 spiro atoms. The molecule has 0 amide bonds. The number of ether oxygens (including phenoxy) is 1. The first-order valence-corrected chi connectivity index (χ1v) is 6.49. The summed E-state index contributed by atoms with van der Waals surface area (Å²) in [5.74, 6) is 0.625. The van der Waals surface area contributed by atoms with E-state index in [2.05, 4.69) is 29.5 Å². The zero-order valence-electron chi connectivity index (χ0n) is 9.32. The lowest BCUT2D eigenvalue weighted by molar-refractivity contribution is 0.114. The van der Waals surface area contributed by atoms with Crippen molar-refractivity contribution in [3.8, 4) is 5.19 Å². The summed E-state index contributed by atoms with van der Waals surface area (Å²) in [5.41, 5.74) is 1.13. The van der Waals surface area contributed by atoms with Crippen molar-refractivity contribution in [2.45, 2.75) is 32.8 Å². The van der Waals surface area contributed by atoms with Gasteiger partial charge in [0.25, 0.3) is 5.19 Å². The summed E-state index contributed by atoms with van der Waals surface area (Å²) in [5, 5.41) is 6.26. The molecule has 1 saturated heterocycles. The number of nitrogens with one attached hydrogen (secondary N) is 1. The third kappa shape index (κ3) is 2.69. The van der Waals surface area contributed by atoms with Crippen LogP contribution in [0.5, 0.6) is 5.19 Å². The Kier molecular flexibility index (Phi) is 3.59. The summed E-state index contributed by atoms with van der Waals surface area (Å²) in [4.78, 5) is 4.43. The van der Waals surface area contributed by atoms with E-state index in [0.29, 0.717) is 5.92 Å². The lowest BCUT2D eigenvalue weighted by atomic mass is 9.97. The molecule has 0 radical (unpaired) electrons. The Labute approximate surface area is 94.9 Å². The molecule has 0 bridgehead atoms. The maximum absolute atomic E-state index is 5.89. The molecule has 0 aliphatic carbocycles. The molecular formula is C11H18N2OS. The zero-order chi connectivity index (χ0) is 10.7. The lowest BCUT2D eigenvalue weighted by Crippen LogP contribution is -2.42. The molecule has 1 aliphatic heterocycles. The molecule has 1 fully saturated rings. The fourth-order valence-electron chi connectivity index (χ4n) is 1.75. The smallest absolute Gasteiger partial charge is 0.273 e. The van der Waals surface area contributed by atoms with E-state index in [1.165, 1.54) is 6.42 Å². The Morgan fingerprint density at radius 1 is 1.67 bits per heavy atom. The third-order valence-corrected chi connectivity index (χ3v) is 3.68. The average molecular weight is 226 g/mol. The van der Waals surface area contributed by atoms with Gasteiger partial charge in [0.15, 0.2) is 0 Å². The molecule has 15 heavy (non-hydrogen) atoms. The highest BCUT2D eigenvalue weighted by Crippen LogP contribution is 2.23. The Morgan fingerprint density at radius 2 is 2.53 bits per heavy atom. The van der Waals surface area contributed by atoms with E-state index in [0.717, 1.165) is 30.4 Å². The van der Waals surface area contributed by atoms with Gasteiger partial charge in [-0.05, 0) is 25.3 Å². The quantitative estimate of drug-likeness (QED) is 0.857. The van der Waals surface area contributed by atoms with Gasteiger partial charge in [-0.15, -0.1) is 0 Å². The first-order chi connectivity index (χ1) is 7.29. The van der Waals surface area contributed by atoms with Crippen molar-refractivity contribution in [1.29, 1.82) is 0 Å². The van der Waals surface area contributed by atoms with Crippen molar-refractivity contribution >= 4 is 11.3 Å². The molecule has 1 aliphatic rings. The maximum atomic E-state index is 5.89. The van der Waals surface area contributed by atoms with E-state index in [-0.39, 0.29) is 6.10 Å². The van der Waals surface area contributed by atoms with Crippen LogP contribution in [-0.2, 0) is 6.42 Å². The molecule has 4 heteroatoms. The minimum absolute atomic E-state index is 0.287. The second-order valence-electron chi connectivity index (χ2n) is 4.08. The largest absolute Gasteiger partial charge is 0.465 e. The van der Waals surface area contributed by atoms with Gasteiger partial charge < -0.3 is 10.1 Å². The number of nitrogens with zero attached hydrogens (tertiary/aromatic N) is 1. The summed E-state index contributed by atoms with van der Waals surface area (Å²) in [6, 6.07) is 0. The van der Waals surface area contributed by atoms with Crippen LogP contribution in [0.1, 0.15) is 26.0 Å². The van der Waals surface area contributed by atoms with Crippen molar-refractivity contribution in [2.75, 3.05) is 13.1 Å². The molecule has 3 nitrogen and oxygen atoms in total. The Bertz CT molecular complexity index is 313. The molecular weight excluding hydrogens is 208 g/mol. The van der Waals surface area contributed by atoms with Gasteiger partial charge >= 0.3 is 0 Å². The highest BCUT2D eigenvalue weighted by atomic mass is 32.1. The van der Waals surface area contributed by atoms with Gasteiger partial charge in [-0.3, -0.25) is 0 Å². The predicted molar refractivity (Wildman–Crippen MR) is 62.6 cm³/mol. The van der Waals surface area contributed by atoms with Crippen LogP contribution >= 0.6 is 11.3 Å². The normalized spacial score (nSPS) is 26.5. The molecule has 2 rings (SSSR count). The van der Waals surface area contributed by atoms with Crippen molar-refractivity contribution in [3.63, 3.8) is 0 Å². The van der Waals surface area contributed by atoms with Crippen molar-refractivity contribution in [2.24, 2.45) is 5.92 Å². The summed E-state index contributed by atoms with van der Waals surface area (Å²) >= 11 is 1.61. The highest BCUT2D eigenvalue weighted by Gasteiger charge is 2.23. The van der Waals surface area contributed by atoms with Crippen molar-refractivity contribution in [3.05, 3.63) is 11.1 Å². The van der Waals surface area contributed by atoms with Crippen molar-refractivity contribution in [1.82, 2.24) is 10.3 Å². The summed E-state index contributed by atoms with van der Waals surface area (Å²) in [6.45, 7) is 6.42. The van der Waals surface area contributed by atoms with Crippen LogP contribution in [0, 0.1) is 5.92 Å². The summed E-state index contributed by atoms with van der Waals surface area (Å²) in [6.07, 6.45) is 2.46. The molecule has 1 N–H and O–H groups in total. The number of rotatable bonds is 3. The average Bonchev–Trinajstić information content (AvgIpc) is 2.69. The van der Waals surface area contributed by atoms with Crippen LogP contribution in [-0.4, -0.2) is 24.2 Å². The van der Waals surface area contributed by atoms with E-state index in [4.69, 9.17) is 4.74 Å². The molecule has 0 aromatic carbocycles. The van der Waals surface area contributed by atoms with Gasteiger partial charge in [0.2, 0.25) is 0 Å². The SMILES string of the molecule is CCc1csc(OC2CNCCC2C)n1. The molecule has 84 valence electrons. The van der Waals surface area contributed by atoms with Gasteiger partial charge in [0.1, 0.15) is 6.10 Å². The number of aryl methyl sites for hydroxylation is 1. The Hall–Kier alpha value is -0.610. The van der Waals surface area contributed by atoms with E-state index >= 15 is 0 Å². The fraction of sp³-hybridized carbons (Fsp3) is 0.727. The van der Waals surface area contributed by atoms with E-state index in [9.17, 15) is 0 Å². The number of hydrogen-bond acceptors (Lipinski definition) is 4. The topological polar surface area (TPSA) is 34.1 Å². The molecule has 2 unspecified atom stereocenters. The second-order valence-corrected chi connectivity index (χ2v) is 4.91. The van der Waals surface area contributed by atoms with Gasteiger partial charge in [-0.1, -0.05) is 25.2 Å². The predicted octanol–water partition coefficient (Wildman–Crippen LogP) is 2.08. The van der Waals surface area contributed by atoms with Crippen molar-refractivity contribution < 1.29 is 4.74 Å². The first kappa shape index (κ1) is 10.9. The van der Waals surface area contributed by atoms with Crippen LogP contribution < -0.4 is 10.1 Å². The summed E-state index contributed by atoms with van der Waals surface area (Å²) in [7, 11) is 0. The minimum Gasteiger partial charge on any atom is -0.465 e. The lowest BCUT2D eigenvalue weighted by Gasteiger charge is -2.28. The van der Waals surface area contributed by atoms with Crippen LogP contribution in [0.25, 0.3) is 0 Å². The standard InChI is InChI=1S/C11H18N2OS/c1-3-9-7-15-11(13-9)14-10-6-12-5-4-8(10)2/h7-8,10,12H,3-6H2,1-2H3. The zero-order valence-corrected chi connectivity index (χ0v) is 10.1. The second kappa shape index (κ2) is 4.94. The van der Waals surface area contributed by atoms with Crippen LogP contribution in [0.15, 0.2) is 5.38 Å². The monoisotopic (exact) mass is 226 g/mol. The summed E-state index contributed by atoms with van der Waals surface area (Å²) < 4.78 is 5.89. The van der Waals surface area contributed by atoms with Gasteiger partial charge in [0, 0.05) is 11.9 Å². The maximum Gasteiger partial charge on any atom is 0.273 e. The Balaban J connectivity index is 1.95. The fourth-order valence-corrected chi connectivity index (χ4v) is 2.56. The molecule has 0 saturated carbocycles.